The molecule has 0 saturated carbocycles. The van der Waals surface area contributed by atoms with Gasteiger partial charge in [0, 0.05) is 6.08 Å². The van der Waals surface area contributed by atoms with Crippen molar-refractivity contribution in [2.45, 2.75) is 20.3 Å². The minimum atomic E-state index is -0.311. The summed E-state index contributed by atoms with van der Waals surface area (Å²) in [5, 5.41) is 0. The molecule has 0 fully saturated rings. The normalized spacial score (nSPS) is 11.3. The zero-order chi connectivity index (χ0) is 7.98. The average molecular weight is 160 g/mol. The van der Waals surface area contributed by atoms with E-state index in [0.717, 1.165) is 11.3 Å². The van der Waals surface area contributed by atoms with Gasteiger partial charge >= 0.3 is 5.97 Å². The standard InChI is InChI=1S/C7H12O2S/c1-3-6(10)5-7(8)9-4-2/h5,10H,3-4H2,1-2H3. The maximum absolute atomic E-state index is 10.7. The first-order valence-electron chi connectivity index (χ1n) is 3.27. The van der Waals surface area contributed by atoms with Crippen LogP contribution >= 0.6 is 12.6 Å². The summed E-state index contributed by atoms with van der Waals surface area (Å²) in [5.41, 5.74) is 0. The molecule has 0 aliphatic carbocycles. The van der Waals surface area contributed by atoms with Gasteiger partial charge < -0.3 is 4.74 Å². The number of rotatable bonds is 3. The zero-order valence-corrected chi connectivity index (χ0v) is 7.15. The number of carbonyl (C=O) groups excluding carboxylic acids is 1. The lowest BCUT2D eigenvalue weighted by Crippen LogP contribution is -1.99. The number of allylic oxidation sites excluding steroid dienone is 1. The summed E-state index contributed by atoms with van der Waals surface area (Å²) in [4.78, 5) is 11.4. The lowest BCUT2D eigenvalue weighted by molar-refractivity contribution is -0.137. The highest BCUT2D eigenvalue weighted by Gasteiger charge is 1.95. The first kappa shape index (κ1) is 9.56. The maximum atomic E-state index is 10.7. The van der Waals surface area contributed by atoms with E-state index in [9.17, 15) is 4.79 Å². The minimum absolute atomic E-state index is 0.311. The Morgan fingerprint density at radius 3 is 2.60 bits per heavy atom. The van der Waals surface area contributed by atoms with Gasteiger partial charge in [-0.3, -0.25) is 0 Å². The van der Waals surface area contributed by atoms with Crippen LogP contribution < -0.4 is 0 Å². The molecule has 0 aromatic carbocycles. The number of hydrogen-bond acceptors (Lipinski definition) is 3. The van der Waals surface area contributed by atoms with E-state index in [-0.39, 0.29) is 5.97 Å². The van der Waals surface area contributed by atoms with Gasteiger partial charge in [-0.25, -0.2) is 4.79 Å². The van der Waals surface area contributed by atoms with E-state index in [1.807, 2.05) is 6.92 Å². The Balaban J connectivity index is 3.75. The van der Waals surface area contributed by atoms with Crippen LogP contribution in [0.3, 0.4) is 0 Å². The largest absolute Gasteiger partial charge is 0.463 e. The monoisotopic (exact) mass is 160 g/mol. The van der Waals surface area contributed by atoms with Gasteiger partial charge in [-0.1, -0.05) is 6.92 Å². The lowest BCUT2D eigenvalue weighted by Gasteiger charge is -1.95. The third-order valence-corrected chi connectivity index (χ3v) is 1.38. The fraction of sp³-hybridized carbons (Fsp3) is 0.571. The lowest BCUT2D eigenvalue weighted by atomic mass is 10.4. The highest BCUT2D eigenvalue weighted by atomic mass is 32.1. The van der Waals surface area contributed by atoms with Gasteiger partial charge in [-0.2, -0.15) is 0 Å². The third kappa shape index (κ3) is 4.44. The summed E-state index contributed by atoms with van der Waals surface area (Å²) in [5.74, 6) is -0.311. The molecule has 0 rings (SSSR count). The van der Waals surface area contributed by atoms with Crippen molar-refractivity contribution in [3.05, 3.63) is 11.0 Å². The quantitative estimate of drug-likeness (QED) is 0.387. The van der Waals surface area contributed by atoms with E-state index < -0.39 is 0 Å². The number of esters is 1. The van der Waals surface area contributed by atoms with Crippen LogP contribution in [0.2, 0.25) is 0 Å². The number of carbonyl (C=O) groups is 1. The van der Waals surface area contributed by atoms with Gasteiger partial charge in [0.25, 0.3) is 0 Å². The molecule has 0 atom stereocenters. The van der Waals surface area contributed by atoms with Crippen molar-refractivity contribution in [3.63, 3.8) is 0 Å². The van der Waals surface area contributed by atoms with Crippen molar-refractivity contribution < 1.29 is 9.53 Å². The molecular weight excluding hydrogens is 148 g/mol. The predicted molar refractivity (Wildman–Crippen MR) is 44.0 cm³/mol. The van der Waals surface area contributed by atoms with E-state index in [1.165, 1.54) is 6.08 Å². The molecule has 10 heavy (non-hydrogen) atoms. The molecule has 0 unspecified atom stereocenters. The molecular formula is C7H12O2S. The topological polar surface area (TPSA) is 26.3 Å². The van der Waals surface area contributed by atoms with Crippen molar-refractivity contribution in [2.75, 3.05) is 6.61 Å². The van der Waals surface area contributed by atoms with Crippen LogP contribution in [0.5, 0.6) is 0 Å². The van der Waals surface area contributed by atoms with E-state index in [4.69, 9.17) is 0 Å². The second-order valence-corrected chi connectivity index (χ2v) is 2.32. The summed E-state index contributed by atoms with van der Waals surface area (Å²) in [7, 11) is 0. The first-order valence-corrected chi connectivity index (χ1v) is 3.71. The SMILES string of the molecule is CCOC(=O)C=C(S)CC. The molecule has 0 N–H and O–H groups in total. The smallest absolute Gasteiger partial charge is 0.331 e. The van der Waals surface area contributed by atoms with E-state index in [0.29, 0.717) is 6.61 Å². The fourth-order valence-corrected chi connectivity index (χ4v) is 0.527. The molecule has 3 heteroatoms. The molecule has 0 aliphatic rings. The summed E-state index contributed by atoms with van der Waals surface area (Å²) in [6.07, 6.45) is 2.16. The van der Waals surface area contributed by atoms with Crippen molar-refractivity contribution in [1.29, 1.82) is 0 Å². The predicted octanol–water partition coefficient (Wildman–Crippen LogP) is 1.77. The molecule has 58 valence electrons. The molecule has 0 aromatic heterocycles. The summed E-state index contributed by atoms with van der Waals surface area (Å²) >= 11 is 4.02. The van der Waals surface area contributed by atoms with E-state index >= 15 is 0 Å². The third-order valence-electron chi connectivity index (χ3n) is 0.933. The molecule has 2 nitrogen and oxygen atoms in total. The fourth-order valence-electron chi connectivity index (χ4n) is 0.422. The van der Waals surface area contributed by atoms with Crippen LogP contribution in [-0.2, 0) is 9.53 Å². The average Bonchev–Trinajstić information content (AvgIpc) is 1.88. The highest BCUT2D eigenvalue weighted by Crippen LogP contribution is 2.04. The van der Waals surface area contributed by atoms with E-state index in [1.54, 1.807) is 6.92 Å². The van der Waals surface area contributed by atoms with Gasteiger partial charge in [0.15, 0.2) is 0 Å². The Morgan fingerprint density at radius 1 is 1.60 bits per heavy atom. The van der Waals surface area contributed by atoms with Crippen LogP contribution in [0.25, 0.3) is 0 Å². The van der Waals surface area contributed by atoms with Gasteiger partial charge in [0.1, 0.15) is 0 Å². The number of ether oxygens (including phenoxy) is 1. The second-order valence-electron chi connectivity index (χ2n) is 1.74. The molecule has 0 amide bonds. The van der Waals surface area contributed by atoms with Crippen LogP contribution in [0.1, 0.15) is 20.3 Å². The minimum Gasteiger partial charge on any atom is -0.463 e. The summed E-state index contributed by atoms with van der Waals surface area (Å²) in [6.45, 7) is 4.12. The van der Waals surface area contributed by atoms with Crippen LogP contribution in [0, 0.1) is 0 Å². The Labute approximate surface area is 66.7 Å². The molecule has 0 aliphatic heterocycles. The van der Waals surface area contributed by atoms with Crippen molar-refractivity contribution in [3.8, 4) is 0 Å². The number of thiol groups is 1. The number of hydrogen-bond donors (Lipinski definition) is 1. The highest BCUT2D eigenvalue weighted by molar-refractivity contribution is 7.84. The Bertz CT molecular complexity index is 141. The van der Waals surface area contributed by atoms with Gasteiger partial charge in [-0.05, 0) is 18.2 Å². The van der Waals surface area contributed by atoms with Crippen molar-refractivity contribution >= 4 is 18.6 Å². The molecule has 0 spiro atoms. The Hall–Kier alpha value is -0.440. The molecule has 0 heterocycles. The molecule has 0 radical (unpaired) electrons. The van der Waals surface area contributed by atoms with Gasteiger partial charge in [-0.15, -0.1) is 12.6 Å². The summed E-state index contributed by atoms with van der Waals surface area (Å²) in [6, 6.07) is 0. The first-order chi connectivity index (χ1) is 4.70. The zero-order valence-electron chi connectivity index (χ0n) is 6.26. The Kier molecular flexibility index (Phi) is 5.12. The molecule has 0 aromatic rings. The van der Waals surface area contributed by atoms with Crippen molar-refractivity contribution in [2.24, 2.45) is 0 Å². The second kappa shape index (κ2) is 5.35. The summed E-state index contributed by atoms with van der Waals surface area (Å²) < 4.78 is 4.65. The van der Waals surface area contributed by atoms with Gasteiger partial charge in [0.05, 0.1) is 6.61 Å². The van der Waals surface area contributed by atoms with Crippen LogP contribution in [0.4, 0.5) is 0 Å². The molecule has 0 saturated heterocycles. The van der Waals surface area contributed by atoms with Crippen molar-refractivity contribution in [1.82, 2.24) is 0 Å². The molecule has 0 bridgehead atoms. The van der Waals surface area contributed by atoms with Crippen LogP contribution in [-0.4, -0.2) is 12.6 Å². The maximum Gasteiger partial charge on any atom is 0.331 e. The van der Waals surface area contributed by atoms with Gasteiger partial charge in [0.2, 0.25) is 0 Å². The van der Waals surface area contributed by atoms with Crippen LogP contribution in [0.15, 0.2) is 11.0 Å². The van der Waals surface area contributed by atoms with E-state index in [2.05, 4.69) is 17.4 Å². The Morgan fingerprint density at radius 2 is 2.20 bits per heavy atom.